The zero-order valence-corrected chi connectivity index (χ0v) is 10.5. The molecule has 17 heavy (non-hydrogen) atoms. The van der Waals surface area contributed by atoms with E-state index in [1.165, 1.54) is 5.56 Å². The molecule has 0 aromatic carbocycles. The lowest BCUT2D eigenvalue weighted by Crippen LogP contribution is -2.24. The van der Waals surface area contributed by atoms with Gasteiger partial charge in [0.2, 0.25) is 5.91 Å². The third-order valence-corrected chi connectivity index (χ3v) is 3.38. The third-order valence-electron chi connectivity index (χ3n) is 3.16. The van der Waals surface area contributed by atoms with Crippen molar-refractivity contribution in [2.75, 3.05) is 5.88 Å². The zero-order valence-electron chi connectivity index (χ0n) is 9.71. The van der Waals surface area contributed by atoms with Gasteiger partial charge in [0, 0.05) is 17.3 Å². The summed E-state index contributed by atoms with van der Waals surface area (Å²) in [6.45, 7) is 0. The van der Waals surface area contributed by atoms with Crippen LogP contribution in [0.3, 0.4) is 0 Å². The normalized spacial score (nSPS) is 19.5. The molecule has 1 aromatic heterocycles. The lowest BCUT2D eigenvalue weighted by atomic mass is 9.87. The first kappa shape index (κ1) is 12.2. The predicted octanol–water partition coefficient (Wildman–Crippen LogP) is 2.56. The highest BCUT2D eigenvalue weighted by Crippen LogP contribution is 2.31. The summed E-state index contributed by atoms with van der Waals surface area (Å²) >= 11 is 5.61. The number of alkyl halides is 1. The molecule has 0 bridgehead atoms. The Bertz CT molecular complexity index is 437. The molecule has 0 saturated heterocycles. The van der Waals surface area contributed by atoms with Gasteiger partial charge in [-0.3, -0.25) is 4.79 Å². The monoisotopic (exact) mass is 252 g/mol. The van der Waals surface area contributed by atoms with Gasteiger partial charge in [-0.15, -0.1) is 11.6 Å². The molecule has 1 amide bonds. The molecule has 2 rings (SSSR count). The summed E-state index contributed by atoms with van der Waals surface area (Å²) in [5.41, 5.74) is 8.69. The first-order valence-corrected chi connectivity index (χ1v) is 6.49. The minimum absolute atomic E-state index is 0.145. The molecular formula is C13H17ClN2O. The van der Waals surface area contributed by atoms with Gasteiger partial charge in [0.05, 0.1) is 5.92 Å². The molecule has 0 saturated carbocycles. The number of primary amides is 1. The number of aryl methyl sites for hydroxylation is 1. The van der Waals surface area contributed by atoms with Crippen molar-refractivity contribution in [1.29, 1.82) is 0 Å². The number of carbonyl (C=O) groups is 1. The largest absolute Gasteiger partial charge is 0.369 e. The number of rotatable bonds is 4. The van der Waals surface area contributed by atoms with Crippen molar-refractivity contribution >= 4 is 23.6 Å². The second-order valence-corrected chi connectivity index (χ2v) is 4.77. The number of nitrogens with one attached hydrogen (secondary N) is 1. The van der Waals surface area contributed by atoms with Crippen molar-refractivity contribution in [3.63, 3.8) is 0 Å². The van der Waals surface area contributed by atoms with Gasteiger partial charge in [0.15, 0.2) is 0 Å². The van der Waals surface area contributed by atoms with Crippen molar-refractivity contribution in [2.45, 2.75) is 31.6 Å². The molecule has 1 aromatic rings. The Labute approximate surface area is 106 Å². The molecule has 1 atom stereocenters. The van der Waals surface area contributed by atoms with Crippen LogP contribution in [-0.2, 0) is 11.2 Å². The highest BCUT2D eigenvalue weighted by Gasteiger charge is 2.26. The molecule has 1 aliphatic rings. The number of hydrogen-bond acceptors (Lipinski definition) is 1. The van der Waals surface area contributed by atoms with Crippen LogP contribution < -0.4 is 5.73 Å². The summed E-state index contributed by atoms with van der Waals surface area (Å²) in [6, 6.07) is 2.11. The molecule has 1 heterocycles. The van der Waals surface area contributed by atoms with Gasteiger partial charge in [0.25, 0.3) is 0 Å². The fourth-order valence-corrected chi connectivity index (χ4v) is 2.47. The number of aromatic amines is 1. The Kier molecular flexibility index (Phi) is 3.89. The van der Waals surface area contributed by atoms with Crippen molar-refractivity contribution in [3.8, 4) is 0 Å². The van der Waals surface area contributed by atoms with Crippen LogP contribution in [0.25, 0.3) is 6.08 Å². The third kappa shape index (κ3) is 2.72. The number of nitrogens with two attached hydrogens (primary N) is 1. The highest BCUT2D eigenvalue weighted by molar-refractivity contribution is 6.17. The number of fused-ring (bicyclic) bond motifs is 1. The summed E-state index contributed by atoms with van der Waals surface area (Å²) in [7, 11) is 0. The van der Waals surface area contributed by atoms with E-state index in [4.69, 9.17) is 17.3 Å². The SMILES string of the molecule is NC(=O)[C@H]1CCCc2cc(/C=C\CCCl)[nH]c21. The topological polar surface area (TPSA) is 58.9 Å². The van der Waals surface area contributed by atoms with Crippen LogP contribution in [0.1, 0.15) is 42.1 Å². The molecule has 92 valence electrons. The maximum absolute atomic E-state index is 11.4. The number of hydrogen-bond donors (Lipinski definition) is 2. The molecule has 0 spiro atoms. The molecule has 4 heteroatoms. The Morgan fingerprint density at radius 2 is 2.47 bits per heavy atom. The minimum atomic E-state index is -0.232. The van der Waals surface area contributed by atoms with E-state index in [0.717, 1.165) is 37.1 Å². The summed E-state index contributed by atoms with van der Waals surface area (Å²) in [4.78, 5) is 14.6. The Hall–Kier alpha value is -1.22. The van der Waals surface area contributed by atoms with Gasteiger partial charge >= 0.3 is 0 Å². The van der Waals surface area contributed by atoms with Crippen LogP contribution in [0.15, 0.2) is 12.1 Å². The molecule has 0 radical (unpaired) electrons. The van der Waals surface area contributed by atoms with Gasteiger partial charge in [0.1, 0.15) is 0 Å². The van der Waals surface area contributed by atoms with Crippen LogP contribution >= 0.6 is 11.6 Å². The van der Waals surface area contributed by atoms with Gasteiger partial charge < -0.3 is 10.7 Å². The van der Waals surface area contributed by atoms with Crippen LogP contribution in [0.5, 0.6) is 0 Å². The Balaban J connectivity index is 2.21. The van der Waals surface area contributed by atoms with Crippen LogP contribution in [0, 0.1) is 0 Å². The molecule has 0 aliphatic heterocycles. The summed E-state index contributed by atoms with van der Waals surface area (Å²) in [5, 5.41) is 0. The predicted molar refractivity (Wildman–Crippen MR) is 70.0 cm³/mol. The second-order valence-electron chi connectivity index (χ2n) is 4.39. The average Bonchev–Trinajstić information content (AvgIpc) is 2.71. The smallest absolute Gasteiger partial charge is 0.226 e. The van der Waals surface area contributed by atoms with Gasteiger partial charge in [-0.25, -0.2) is 0 Å². The number of carbonyl (C=O) groups excluding carboxylic acids is 1. The molecule has 0 fully saturated rings. The lowest BCUT2D eigenvalue weighted by Gasteiger charge is -2.19. The van der Waals surface area contributed by atoms with Crippen molar-refractivity contribution in [2.24, 2.45) is 5.73 Å². The molecule has 3 nitrogen and oxygen atoms in total. The van der Waals surface area contributed by atoms with Gasteiger partial charge in [-0.1, -0.05) is 6.08 Å². The maximum Gasteiger partial charge on any atom is 0.226 e. The van der Waals surface area contributed by atoms with Gasteiger partial charge in [-0.2, -0.15) is 0 Å². The van der Waals surface area contributed by atoms with E-state index in [1.54, 1.807) is 0 Å². The fraction of sp³-hybridized carbons (Fsp3) is 0.462. The van der Waals surface area contributed by atoms with E-state index in [9.17, 15) is 4.79 Å². The number of amides is 1. The molecular weight excluding hydrogens is 236 g/mol. The summed E-state index contributed by atoms with van der Waals surface area (Å²) in [5.74, 6) is 0.249. The Morgan fingerprint density at radius 3 is 3.18 bits per heavy atom. The quantitative estimate of drug-likeness (QED) is 0.795. The summed E-state index contributed by atoms with van der Waals surface area (Å²) in [6.07, 6.45) is 7.81. The summed E-state index contributed by atoms with van der Waals surface area (Å²) < 4.78 is 0. The van der Waals surface area contributed by atoms with E-state index in [-0.39, 0.29) is 11.8 Å². The fourth-order valence-electron chi connectivity index (χ4n) is 2.34. The van der Waals surface area contributed by atoms with Crippen LogP contribution in [0.2, 0.25) is 0 Å². The highest BCUT2D eigenvalue weighted by atomic mass is 35.5. The lowest BCUT2D eigenvalue weighted by molar-refractivity contribution is -0.119. The van der Waals surface area contributed by atoms with Crippen molar-refractivity contribution in [1.82, 2.24) is 4.98 Å². The number of H-pyrrole nitrogens is 1. The van der Waals surface area contributed by atoms with Crippen LogP contribution in [-0.4, -0.2) is 16.8 Å². The minimum Gasteiger partial charge on any atom is -0.369 e. The number of allylic oxidation sites excluding steroid dienone is 1. The average molecular weight is 253 g/mol. The van der Waals surface area contributed by atoms with Crippen molar-refractivity contribution < 1.29 is 4.79 Å². The molecule has 3 N–H and O–H groups in total. The standard InChI is InChI=1S/C13H17ClN2O/c14-7-2-1-5-10-8-9-4-3-6-11(13(15)17)12(9)16-10/h1,5,8,11,16H,2-4,6-7H2,(H2,15,17)/b5-1-/t11-/m0/s1. The van der Waals surface area contributed by atoms with Crippen LogP contribution in [0.4, 0.5) is 0 Å². The van der Waals surface area contributed by atoms with E-state index < -0.39 is 0 Å². The van der Waals surface area contributed by atoms with E-state index in [1.807, 2.05) is 12.2 Å². The molecule has 1 aliphatic carbocycles. The number of halogens is 1. The van der Waals surface area contributed by atoms with Gasteiger partial charge in [-0.05, 0) is 43.4 Å². The second kappa shape index (κ2) is 5.41. The maximum atomic E-state index is 11.4. The first-order valence-electron chi connectivity index (χ1n) is 5.96. The van der Waals surface area contributed by atoms with Crippen molar-refractivity contribution in [3.05, 3.63) is 29.1 Å². The zero-order chi connectivity index (χ0) is 12.3. The van der Waals surface area contributed by atoms with E-state index >= 15 is 0 Å². The first-order chi connectivity index (χ1) is 8.22. The Morgan fingerprint density at radius 1 is 1.65 bits per heavy atom. The van der Waals surface area contributed by atoms with E-state index in [2.05, 4.69) is 11.1 Å². The molecule has 0 unspecified atom stereocenters. The number of aromatic nitrogens is 1. The van der Waals surface area contributed by atoms with E-state index in [0.29, 0.717) is 5.88 Å².